The number of piperazine rings is 1. The lowest BCUT2D eigenvalue weighted by Gasteiger charge is -2.39. The minimum absolute atomic E-state index is 0.0966. The van der Waals surface area contributed by atoms with Crippen LogP contribution in [-0.2, 0) is 22.4 Å². The summed E-state index contributed by atoms with van der Waals surface area (Å²) < 4.78 is 2.22. The van der Waals surface area contributed by atoms with Gasteiger partial charge in [0.1, 0.15) is 0 Å². The number of carbonyl (C=O) groups is 2. The van der Waals surface area contributed by atoms with Gasteiger partial charge in [0.25, 0.3) is 0 Å². The Morgan fingerprint density at radius 3 is 2.45 bits per heavy atom. The van der Waals surface area contributed by atoms with Crippen LogP contribution in [0.15, 0.2) is 18.3 Å². The summed E-state index contributed by atoms with van der Waals surface area (Å²) in [4.78, 5) is 40.1. The van der Waals surface area contributed by atoms with E-state index < -0.39 is 0 Å². The van der Waals surface area contributed by atoms with Crippen LogP contribution in [0, 0.1) is 12.8 Å². The maximum absolute atomic E-state index is 13.4. The van der Waals surface area contributed by atoms with E-state index >= 15 is 0 Å². The van der Waals surface area contributed by atoms with Gasteiger partial charge in [-0.1, -0.05) is 11.3 Å². The molecule has 0 unspecified atom stereocenters. The second kappa shape index (κ2) is 11.0. The van der Waals surface area contributed by atoms with E-state index in [0.717, 1.165) is 97.9 Å². The molecule has 212 valence electrons. The first-order chi connectivity index (χ1) is 19.3. The van der Waals surface area contributed by atoms with Crippen LogP contribution < -0.4 is 5.32 Å². The molecule has 1 saturated heterocycles. The number of rotatable bonds is 5. The molecule has 1 saturated carbocycles. The normalized spacial score (nSPS) is 21.3. The van der Waals surface area contributed by atoms with Crippen LogP contribution in [0.5, 0.6) is 0 Å². The lowest BCUT2D eigenvalue weighted by atomic mass is 9.84. The molecule has 3 aromatic rings. The van der Waals surface area contributed by atoms with Gasteiger partial charge in [0, 0.05) is 68.1 Å². The monoisotopic (exact) mass is 561 g/mol. The molecule has 0 atom stereocenters. The highest BCUT2D eigenvalue weighted by molar-refractivity contribution is 7.19. The van der Waals surface area contributed by atoms with Crippen LogP contribution in [0.4, 0.5) is 5.13 Å². The highest BCUT2D eigenvalue weighted by atomic mass is 32.1. The summed E-state index contributed by atoms with van der Waals surface area (Å²) in [6.07, 6.45) is 7.21. The van der Waals surface area contributed by atoms with E-state index in [4.69, 9.17) is 10.1 Å². The summed E-state index contributed by atoms with van der Waals surface area (Å²) in [7, 11) is 0. The maximum Gasteiger partial charge on any atom is 0.225 e. The molecule has 2 aliphatic carbocycles. The third-order valence-electron chi connectivity index (χ3n) is 8.75. The minimum atomic E-state index is -0.111. The SMILES string of the molecule is CC(=O)Nc1nc2c(s1)-c1c(c(-c3ccc(C)nc3)nn1C1CCC(C(=O)N3CCN(C(C)C)CC3)CC1)CC2. The van der Waals surface area contributed by atoms with Crippen LogP contribution in [0.25, 0.3) is 21.8 Å². The number of hydrogen-bond acceptors (Lipinski definition) is 7. The summed E-state index contributed by atoms with van der Waals surface area (Å²) in [5.41, 5.74) is 6.39. The van der Waals surface area contributed by atoms with E-state index in [0.29, 0.717) is 17.1 Å². The number of carbonyl (C=O) groups excluding carboxylic acids is 2. The zero-order chi connectivity index (χ0) is 28.0. The Hall–Kier alpha value is -3.11. The molecule has 2 fully saturated rings. The lowest BCUT2D eigenvalue weighted by Crippen LogP contribution is -2.52. The van der Waals surface area contributed by atoms with Crippen LogP contribution in [-0.4, -0.2) is 73.6 Å². The van der Waals surface area contributed by atoms with Crippen LogP contribution in [0.2, 0.25) is 0 Å². The standard InChI is InChI=1S/C30H39N7O2S/c1-18(2)35-13-15-36(16-14-35)29(39)21-7-9-23(10-8-21)37-27-24(26(34-37)22-6-5-19(3)31-17-22)11-12-25-28(27)40-30(33-25)32-20(4)38/h5-6,17-18,21,23H,7-16H2,1-4H3,(H,32,33,38). The first-order valence-corrected chi connectivity index (χ1v) is 15.4. The van der Waals surface area contributed by atoms with E-state index in [1.165, 1.54) is 23.8 Å². The third kappa shape index (κ3) is 5.19. The van der Waals surface area contributed by atoms with Gasteiger partial charge in [-0.25, -0.2) is 4.98 Å². The largest absolute Gasteiger partial charge is 0.340 e. The van der Waals surface area contributed by atoms with Gasteiger partial charge in [-0.15, -0.1) is 0 Å². The van der Waals surface area contributed by atoms with Crippen molar-refractivity contribution in [3.8, 4) is 21.8 Å². The van der Waals surface area contributed by atoms with Gasteiger partial charge in [0.2, 0.25) is 11.8 Å². The fourth-order valence-corrected chi connectivity index (χ4v) is 7.61. The summed E-state index contributed by atoms with van der Waals surface area (Å²) in [5.74, 6) is 0.319. The first kappa shape index (κ1) is 27.1. The summed E-state index contributed by atoms with van der Waals surface area (Å²) in [6, 6.07) is 4.89. The topological polar surface area (TPSA) is 96.2 Å². The fraction of sp³-hybridized carbons (Fsp3) is 0.567. The molecule has 40 heavy (non-hydrogen) atoms. The van der Waals surface area contributed by atoms with Crippen molar-refractivity contribution < 1.29 is 9.59 Å². The van der Waals surface area contributed by atoms with Crippen LogP contribution >= 0.6 is 11.3 Å². The van der Waals surface area contributed by atoms with E-state index in [-0.39, 0.29) is 17.9 Å². The molecule has 1 N–H and O–H groups in total. The molecule has 0 aromatic carbocycles. The van der Waals surface area contributed by atoms with Gasteiger partial charge in [-0.05, 0) is 71.4 Å². The van der Waals surface area contributed by atoms with Crippen molar-refractivity contribution in [2.45, 2.75) is 78.3 Å². The summed E-state index contributed by atoms with van der Waals surface area (Å²) in [5, 5.41) is 8.76. The number of nitrogens with one attached hydrogen (secondary N) is 1. The number of pyridine rings is 1. The summed E-state index contributed by atoms with van der Waals surface area (Å²) in [6.45, 7) is 11.6. The Bertz CT molecular complexity index is 1390. The van der Waals surface area contributed by atoms with Crippen molar-refractivity contribution in [3.63, 3.8) is 0 Å². The molecule has 2 amide bonds. The second-order valence-corrected chi connectivity index (χ2v) is 12.7. The first-order valence-electron chi connectivity index (χ1n) is 14.6. The van der Waals surface area contributed by atoms with E-state index in [2.05, 4.69) is 44.7 Å². The van der Waals surface area contributed by atoms with Crippen molar-refractivity contribution in [2.24, 2.45) is 5.92 Å². The molecule has 0 spiro atoms. The zero-order valence-electron chi connectivity index (χ0n) is 23.9. The molecule has 3 aromatic heterocycles. The lowest BCUT2D eigenvalue weighted by molar-refractivity contribution is -0.138. The molecule has 0 bridgehead atoms. The zero-order valence-corrected chi connectivity index (χ0v) is 24.8. The van der Waals surface area contributed by atoms with Gasteiger partial charge in [-0.2, -0.15) is 5.10 Å². The smallest absolute Gasteiger partial charge is 0.225 e. The molecule has 9 nitrogen and oxygen atoms in total. The maximum atomic E-state index is 13.4. The number of aryl methyl sites for hydroxylation is 2. The number of aromatic nitrogens is 4. The number of amides is 2. The van der Waals surface area contributed by atoms with Crippen molar-refractivity contribution >= 4 is 28.3 Å². The van der Waals surface area contributed by atoms with Crippen molar-refractivity contribution in [1.29, 1.82) is 0 Å². The van der Waals surface area contributed by atoms with Gasteiger partial charge in [0.15, 0.2) is 5.13 Å². The number of anilines is 1. The van der Waals surface area contributed by atoms with Crippen LogP contribution in [0.1, 0.15) is 69.4 Å². The number of nitrogens with zero attached hydrogens (tertiary/aromatic N) is 6. The molecule has 1 aliphatic heterocycles. The van der Waals surface area contributed by atoms with Crippen molar-refractivity contribution in [2.75, 3.05) is 31.5 Å². The predicted octanol–water partition coefficient (Wildman–Crippen LogP) is 4.72. The second-order valence-electron chi connectivity index (χ2n) is 11.7. The van der Waals surface area contributed by atoms with Crippen molar-refractivity contribution in [1.82, 2.24) is 29.5 Å². The molecular weight excluding hydrogens is 522 g/mol. The average Bonchev–Trinajstić information content (AvgIpc) is 3.54. The minimum Gasteiger partial charge on any atom is -0.340 e. The molecule has 4 heterocycles. The molecule has 3 aliphatic rings. The highest BCUT2D eigenvalue weighted by Gasteiger charge is 2.36. The van der Waals surface area contributed by atoms with E-state index in [9.17, 15) is 9.59 Å². The van der Waals surface area contributed by atoms with Gasteiger partial charge in [-0.3, -0.25) is 24.2 Å². The quantitative estimate of drug-likeness (QED) is 0.484. The van der Waals surface area contributed by atoms with E-state index in [1.807, 2.05) is 19.2 Å². The van der Waals surface area contributed by atoms with Gasteiger partial charge >= 0.3 is 0 Å². The fourth-order valence-electron chi connectivity index (χ4n) is 6.49. The summed E-state index contributed by atoms with van der Waals surface area (Å²) >= 11 is 1.54. The molecule has 6 rings (SSSR count). The Morgan fingerprint density at radius 2 is 1.80 bits per heavy atom. The van der Waals surface area contributed by atoms with E-state index in [1.54, 1.807) is 0 Å². The highest BCUT2D eigenvalue weighted by Crippen LogP contribution is 2.46. The molecule has 0 radical (unpaired) electrons. The van der Waals surface area contributed by atoms with Crippen molar-refractivity contribution in [3.05, 3.63) is 35.3 Å². The average molecular weight is 562 g/mol. The third-order valence-corrected chi connectivity index (χ3v) is 9.77. The predicted molar refractivity (Wildman–Crippen MR) is 157 cm³/mol. The van der Waals surface area contributed by atoms with Crippen LogP contribution in [0.3, 0.4) is 0 Å². The Kier molecular flexibility index (Phi) is 7.48. The number of thiazole rings is 1. The Balaban J connectivity index is 1.26. The molecular formula is C30H39N7O2S. The Morgan fingerprint density at radius 1 is 1.05 bits per heavy atom. The number of fused-ring (bicyclic) bond motifs is 3. The number of hydrogen-bond donors (Lipinski definition) is 1. The molecule has 10 heteroatoms. The Labute approximate surface area is 240 Å². The van der Waals surface area contributed by atoms with Gasteiger partial charge in [0.05, 0.1) is 28.0 Å². The van der Waals surface area contributed by atoms with Gasteiger partial charge < -0.3 is 10.2 Å².